The third-order valence-corrected chi connectivity index (χ3v) is 6.79. The zero-order chi connectivity index (χ0) is 17.9. The van der Waals surface area contributed by atoms with Gasteiger partial charge in [0.25, 0.3) is 0 Å². The van der Waals surface area contributed by atoms with Gasteiger partial charge in [0.05, 0.1) is 25.5 Å². The molecule has 1 saturated carbocycles. The third-order valence-electron chi connectivity index (χ3n) is 3.84. The first-order valence-electron chi connectivity index (χ1n) is 8.15. The first-order valence-corrected chi connectivity index (χ1v) is 10.8. The lowest BCUT2D eigenvalue weighted by molar-refractivity contribution is 0.356. The number of thiazole rings is 1. The van der Waals surface area contributed by atoms with E-state index in [0.717, 1.165) is 31.5 Å². The molecule has 3 aromatic rings. The summed E-state index contributed by atoms with van der Waals surface area (Å²) in [5.41, 5.74) is 1.96. The number of thioether (sulfide) groups is 1. The maximum absolute atomic E-state index is 5.51. The van der Waals surface area contributed by atoms with Crippen LogP contribution in [-0.2, 0) is 5.75 Å². The van der Waals surface area contributed by atoms with Gasteiger partial charge in [-0.1, -0.05) is 29.2 Å². The fraction of sp³-hybridized carbons (Fsp3) is 0.353. The second-order valence-corrected chi connectivity index (χ2v) is 8.82. The van der Waals surface area contributed by atoms with E-state index in [-0.39, 0.29) is 0 Å². The van der Waals surface area contributed by atoms with Gasteiger partial charge in [-0.25, -0.2) is 4.98 Å². The molecule has 0 bridgehead atoms. The molecule has 1 N–H and O–H groups in total. The molecule has 6 nitrogen and oxygen atoms in total. The zero-order valence-corrected chi connectivity index (χ0v) is 16.8. The zero-order valence-electron chi connectivity index (χ0n) is 14.4. The number of hydrogen-bond acceptors (Lipinski definition) is 9. The Morgan fingerprint density at radius 2 is 2.12 bits per heavy atom. The maximum atomic E-state index is 5.51. The van der Waals surface area contributed by atoms with E-state index < -0.39 is 0 Å². The van der Waals surface area contributed by atoms with Gasteiger partial charge >= 0.3 is 0 Å². The van der Waals surface area contributed by atoms with Gasteiger partial charge in [0.2, 0.25) is 5.13 Å². The van der Waals surface area contributed by atoms with Crippen molar-refractivity contribution in [2.24, 2.45) is 0 Å². The molecule has 26 heavy (non-hydrogen) atoms. The van der Waals surface area contributed by atoms with Crippen LogP contribution in [0.2, 0.25) is 0 Å². The molecular weight excluding hydrogens is 388 g/mol. The Bertz CT molecular complexity index is 892. The number of para-hydroxylation sites is 1. The van der Waals surface area contributed by atoms with Crippen LogP contribution in [-0.4, -0.2) is 35.4 Å². The van der Waals surface area contributed by atoms with Crippen molar-refractivity contribution in [3.63, 3.8) is 0 Å². The Morgan fingerprint density at radius 3 is 2.88 bits per heavy atom. The summed E-state index contributed by atoms with van der Waals surface area (Å²) in [7, 11) is 3.29. The highest BCUT2D eigenvalue weighted by molar-refractivity contribution is 8.00. The average molecular weight is 407 g/mol. The van der Waals surface area contributed by atoms with E-state index in [1.54, 1.807) is 48.7 Å². The summed E-state index contributed by atoms with van der Waals surface area (Å²) in [6, 6.07) is 6.43. The van der Waals surface area contributed by atoms with Gasteiger partial charge in [-0.2, -0.15) is 0 Å². The molecule has 2 aromatic heterocycles. The number of anilines is 1. The molecule has 1 fully saturated rings. The summed E-state index contributed by atoms with van der Waals surface area (Å²) < 4.78 is 11.8. The predicted molar refractivity (Wildman–Crippen MR) is 107 cm³/mol. The first-order chi connectivity index (χ1) is 12.8. The monoisotopic (exact) mass is 406 g/mol. The fourth-order valence-corrected chi connectivity index (χ4v) is 5.09. The van der Waals surface area contributed by atoms with Crippen molar-refractivity contribution in [1.82, 2.24) is 15.2 Å². The van der Waals surface area contributed by atoms with Crippen LogP contribution in [0.15, 0.2) is 27.9 Å². The minimum atomic E-state index is 0.597. The lowest BCUT2D eigenvalue weighted by atomic mass is 10.2. The van der Waals surface area contributed by atoms with Gasteiger partial charge in [0.1, 0.15) is 5.01 Å². The second-order valence-electron chi connectivity index (χ2n) is 5.77. The number of aromatic nitrogens is 3. The number of hydrogen-bond donors (Lipinski definition) is 1. The summed E-state index contributed by atoms with van der Waals surface area (Å²) in [4.78, 5) is 4.75. The Morgan fingerprint density at radius 1 is 1.23 bits per heavy atom. The van der Waals surface area contributed by atoms with Crippen LogP contribution in [0.3, 0.4) is 0 Å². The van der Waals surface area contributed by atoms with Crippen molar-refractivity contribution in [1.29, 1.82) is 0 Å². The lowest BCUT2D eigenvalue weighted by Crippen LogP contribution is -1.99. The van der Waals surface area contributed by atoms with Crippen LogP contribution in [0.1, 0.15) is 18.5 Å². The van der Waals surface area contributed by atoms with E-state index in [1.807, 2.05) is 18.2 Å². The topological polar surface area (TPSA) is 69.2 Å². The van der Waals surface area contributed by atoms with Crippen molar-refractivity contribution in [2.75, 3.05) is 19.5 Å². The molecule has 136 valence electrons. The Labute approximate surface area is 164 Å². The van der Waals surface area contributed by atoms with E-state index in [2.05, 4.69) is 20.9 Å². The molecule has 0 amide bonds. The molecule has 0 saturated heterocycles. The van der Waals surface area contributed by atoms with Crippen LogP contribution < -0.4 is 14.8 Å². The maximum Gasteiger partial charge on any atom is 0.206 e. The number of methoxy groups -OCH3 is 2. The molecule has 0 radical (unpaired) electrons. The molecule has 0 unspecified atom stereocenters. The van der Waals surface area contributed by atoms with Crippen molar-refractivity contribution >= 4 is 39.6 Å². The van der Waals surface area contributed by atoms with Crippen molar-refractivity contribution in [3.8, 4) is 22.1 Å². The second kappa shape index (κ2) is 7.81. The quantitative estimate of drug-likeness (QED) is 0.551. The van der Waals surface area contributed by atoms with Gasteiger partial charge in [-0.05, 0) is 25.0 Å². The molecule has 0 spiro atoms. The minimum Gasteiger partial charge on any atom is -0.493 e. The normalized spacial score (nSPS) is 13.6. The highest BCUT2D eigenvalue weighted by Crippen LogP contribution is 2.39. The van der Waals surface area contributed by atoms with Gasteiger partial charge in [0.15, 0.2) is 15.8 Å². The highest BCUT2D eigenvalue weighted by atomic mass is 32.2. The number of ether oxygens (including phenoxy) is 2. The van der Waals surface area contributed by atoms with E-state index in [0.29, 0.717) is 17.5 Å². The van der Waals surface area contributed by atoms with E-state index in [1.165, 1.54) is 12.8 Å². The van der Waals surface area contributed by atoms with Crippen LogP contribution in [0.4, 0.5) is 5.13 Å². The highest BCUT2D eigenvalue weighted by Gasteiger charge is 2.22. The van der Waals surface area contributed by atoms with Crippen LogP contribution in [0, 0.1) is 0 Å². The minimum absolute atomic E-state index is 0.597. The molecule has 1 aliphatic carbocycles. The molecule has 1 aromatic carbocycles. The standard InChI is InChI=1S/C17H18N4O2S3/c1-22-13-5-3-4-12(14(13)23-2)15-18-11(8-24-15)9-25-17-21-20-16(26-17)19-10-6-7-10/h3-5,8,10H,6-7,9H2,1-2H3,(H,19,20). The molecule has 9 heteroatoms. The van der Waals surface area contributed by atoms with E-state index >= 15 is 0 Å². The summed E-state index contributed by atoms with van der Waals surface area (Å²) in [5, 5.41) is 15.7. The average Bonchev–Trinajstić information content (AvgIpc) is 3.17. The van der Waals surface area contributed by atoms with Crippen molar-refractivity contribution < 1.29 is 9.47 Å². The lowest BCUT2D eigenvalue weighted by Gasteiger charge is -2.10. The number of nitrogens with zero attached hydrogens (tertiary/aromatic N) is 3. The van der Waals surface area contributed by atoms with Gasteiger partial charge in [-0.15, -0.1) is 21.5 Å². The molecule has 2 heterocycles. The Kier molecular flexibility index (Phi) is 5.28. The third kappa shape index (κ3) is 3.94. The summed E-state index contributed by atoms with van der Waals surface area (Å²) in [6.45, 7) is 0. The molecule has 0 aliphatic heterocycles. The number of rotatable bonds is 8. The van der Waals surface area contributed by atoms with Crippen molar-refractivity contribution in [3.05, 3.63) is 29.3 Å². The van der Waals surface area contributed by atoms with Crippen molar-refractivity contribution in [2.45, 2.75) is 29.0 Å². The Hall–Kier alpha value is -1.84. The first kappa shape index (κ1) is 17.6. The SMILES string of the molecule is COc1cccc(-c2nc(CSc3nnc(NC4CC4)s3)cs2)c1OC. The Balaban J connectivity index is 1.44. The number of nitrogens with one attached hydrogen (secondary N) is 1. The van der Waals surface area contributed by atoms with Crippen LogP contribution in [0.5, 0.6) is 11.5 Å². The summed E-state index contributed by atoms with van der Waals surface area (Å²) in [6.07, 6.45) is 2.47. The van der Waals surface area contributed by atoms with E-state index in [9.17, 15) is 0 Å². The summed E-state index contributed by atoms with van der Waals surface area (Å²) in [5.74, 6) is 2.19. The smallest absolute Gasteiger partial charge is 0.206 e. The predicted octanol–water partition coefficient (Wildman–Crippen LogP) is 4.55. The van der Waals surface area contributed by atoms with Gasteiger partial charge < -0.3 is 14.8 Å². The van der Waals surface area contributed by atoms with Crippen LogP contribution >= 0.6 is 34.4 Å². The largest absolute Gasteiger partial charge is 0.493 e. The molecule has 4 rings (SSSR count). The van der Waals surface area contributed by atoms with E-state index in [4.69, 9.17) is 14.5 Å². The number of benzene rings is 1. The molecule has 1 aliphatic rings. The molecular formula is C17H18N4O2S3. The summed E-state index contributed by atoms with van der Waals surface area (Å²) >= 11 is 4.87. The van der Waals surface area contributed by atoms with Gasteiger partial charge in [-0.3, -0.25) is 0 Å². The van der Waals surface area contributed by atoms with Crippen LogP contribution in [0.25, 0.3) is 10.6 Å². The fourth-order valence-electron chi connectivity index (χ4n) is 2.42. The molecule has 0 atom stereocenters. The van der Waals surface area contributed by atoms with Gasteiger partial charge in [0, 0.05) is 17.2 Å².